The number of methoxy groups -OCH3 is 1. The summed E-state index contributed by atoms with van der Waals surface area (Å²) >= 11 is 3.13. The second kappa shape index (κ2) is 6.05. The van der Waals surface area contributed by atoms with Gasteiger partial charge in [0.05, 0.1) is 29.5 Å². The maximum absolute atomic E-state index is 5.27. The predicted molar refractivity (Wildman–Crippen MR) is 89.8 cm³/mol. The second-order valence-electron chi connectivity index (χ2n) is 4.74. The van der Waals surface area contributed by atoms with Crippen molar-refractivity contribution < 1.29 is 9.26 Å². The molecule has 0 atom stereocenters. The van der Waals surface area contributed by atoms with Crippen molar-refractivity contribution in [2.24, 2.45) is 0 Å². The second-order valence-corrected chi connectivity index (χ2v) is 6.49. The first kappa shape index (κ1) is 14.3. The summed E-state index contributed by atoms with van der Waals surface area (Å²) in [7, 11) is 1.65. The van der Waals surface area contributed by atoms with Gasteiger partial charge in [0.2, 0.25) is 0 Å². The molecule has 8 heteroatoms. The molecule has 0 aliphatic heterocycles. The number of fused-ring (bicyclic) bond motifs is 1. The summed E-state index contributed by atoms with van der Waals surface area (Å²) in [5, 5.41) is 8.79. The standard InChI is InChI=1S/C15H12N4O2S2/c1-20-10-2-3-11-12(6-10)17-15(16-11)23-8-13-18-14(21-19-13)9-4-5-22-7-9/h2-7H,8H2,1H3,(H,16,17). The lowest BCUT2D eigenvalue weighted by Gasteiger charge is -1.96. The van der Waals surface area contributed by atoms with Crippen LogP contribution in [0.5, 0.6) is 5.75 Å². The Morgan fingerprint density at radius 2 is 2.26 bits per heavy atom. The summed E-state index contributed by atoms with van der Waals surface area (Å²) in [6, 6.07) is 7.71. The highest BCUT2D eigenvalue weighted by Crippen LogP contribution is 2.26. The monoisotopic (exact) mass is 344 g/mol. The first-order valence-electron chi connectivity index (χ1n) is 6.83. The highest BCUT2D eigenvalue weighted by molar-refractivity contribution is 7.98. The Hall–Kier alpha value is -2.32. The number of nitrogens with one attached hydrogen (secondary N) is 1. The maximum atomic E-state index is 5.27. The molecular formula is C15H12N4O2S2. The van der Waals surface area contributed by atoms with Crippen LogP contribution in [0.2, 0.25) is 0 Å². The predicted octanol–water partition coefficient (Wildman–Crippen LogP) is 3.98. The molecule has 116 valence electrons. The Morgan fingerprint density at radius 3 is 3.09 bits per heavy atom. The average Bonchev–Trinajstić information content (AvgIpc) is 3.30. The van der Waals surface area contributed by atoms with Gasteiger partial charge in [-0.15, -0.1) is 0 Å². The number of imidazole rings is 1. The van der Waals surface area contributed by atoms with Crippen molar-refractivity contribution in [1.29, 1.82) is 0 Å². The fraction of sp³-hybridized carbons (Fsp3) is 0.133. The topological polar surface area (TPSA) is 76.8 Å². The number of H-pyrrole nitrogens is 1. The van der Waals surface area contributed by atoms with Crippen LogP contribution >= 0.6 is 23.1 Å². The summed E-state index contributed by atoms with van der Waals surface area (Å²) in [6.45, 7) is 0. The van der Waals surface area contributed by atoms with E-state index in [1.807, 2.05) is 35.0 Å². The SMILES string of the molecule is COc1ccc2nc(SCc3noc(-c4ccsc4)n3)[nH]c2c1. The summed E-state index contributed by atoms with van der Waals surface area (Å²) in [4.78, 5) is 12.2. The number of aromatic nitrogens is 4. The van der Waals surface area contributed by atoms with Gasteiger partial charge in [-0.05, 0) is 23.6 Å². The normalized spacial score (nSPS) is 11.2. The minimum atomic E-state index is 0.552. The fourth-order valence-electron chi connectivity index (χ4n) is 2.11. The highest BCUT2D eigenvalue weighted by atomic mass is 32.2. The number of nitrogens with zero attached hydrogens (tertiary/aromatic N) is 3. The Kier molecular flexibility index (Phi) is 3.76. The summed E-state index contributed by atoms with van der Waals surface area (Å²) in [5.41, 5.74) is 2.80. The molecule has 0 saturated heterocycles. The third-order valence-electron chi connectivity index (χ3n) is 3.24. The van der Waals surface area contributed by atoms with E-state index in [0.29, 0.717) is 17.5 Å². The van der Waals surface area contributed by atoms with Gasteiger partial charge in [0.15, 0.2) is 11.0 Å². The summed E-state index contributed by atoms with van der Waals surface area (Å²) < 4.78 is 10.5. The number of hydrogen-bond donors (Lipinski definition) is 1. The van der Waals surface area contributed by atoms with Crippen LogP contribution in [0.3, 0.4) is 0 Å². The number of thioether (sulfide) groups is 1. The van der Waals surface area contributed by atoms with Gasteiger partial charge in [0, 0.05) is 11.4 Å². The molecule has 3 heterocycles. The van der Waals surface area contributed by atoms with Gasteiger partial charge in [-0.1, -0.05) is 16.9 Å². The quantitative estimate of drug-likeness (QED) is 0.552. The Morgan fingerprint density at radius 1 is 1.30 bits per heavy atom. The maximum Gasteiger partial charge on any atom is 0.258 e. The molecule has 4 aromatic rings. The minimum Gasteiger partial charge on any atom is -0.497 e. The number of rotatable bonds is 5. The molecule has 0 saturated carbocycles. The molecule has 0 radical (unpaired) electrons. The highest BCUT2D eigenvalue weighted by Gasteiger charge is 2.11. The number of aromatic amines is 1. The van der Waals surface area contributed by atoms with Gasteiger partial charge >= 0.3 is 0 Å². The van der Waals surface area contributed by atoms with Gasteiger partial charge in [-0.25, -0.2) is 4.98 Å². The third kappa shape index (κ3) is 2.95. The molecule has 0 unspecified atom stereocenters. The fourth-order valence-corrected chi connectivity index (χ4v) is 3.47. The zero-order chi connectivity index (χ0) is 15.6. The minimum absolute atomic E-state index is 0.552. The van der Waals surface area contributed by atoms with Crippen molar-refractivity contribution >= 4 is 34.1 Å². The van der Waals surface area contributed by atoms with E-state index in [0.717, 1.165) is 27.5 Å². The molecular weight excluding hydrogens is 332 g/mol. The number of ether oxygens (including phenoxy) is 1. The lowest BCUT2D eigenvalue weighted by Crippen LogP contribution is -1.84. The van der Waals surface area contributed by atoms with Gasteiger partial charge < -0.3 is 14.2 Å². The van der Waals surface area contributed by atoms with Crippen molar-refractivity contribution in [2.75, 3.05) is 7.11 Å². The first-order chi connectivity index (χ1) is 11.3. The molecule has 0 aliphatic rings. The molecule has 23 heavy (non-hydrogen) atoms. The van der Waals surface area contributed by atoms with E-state index in [1.165, 1.54) is 11.8 Å². The molecule has 0 aliphatic carbocycles. The van der Waals surface area contributed by atoms with E-state index < -0.39 is 0 Å². The number of benzene rings is 1. The molecule has 4 rings (SSSR count). The van der Waals surface area contributed by atoms with Gasteiger partial charge in [-0.2, -0.15) is 16.3 Å². The molecule has 0 bridgehead atoms. The smallest absolute Gasteiger partial charge is 0.258 e. The van der Waals surface area contributed by atoms with Crippen molar-refractivity contribution in [3.63, 3.8) is 0 Å². The average molecular weight is 344 g/mol. The first-order valence-corrected chi connectivity index (χ1v) is 8.76. The zero-order valence-electron chi connectivity index (χ0n) is 12.1. The van der Waals surface area contributed by atoms with E-state index in [2.05, 4.69) is 20.1 Å². The Labute approximate surface area is 139 Å². The Bertz CT molecular complexity index is 930. The number of hydrogen-bond acceptors (Lipinski definition) is 7. The molecule has 0 amide bonds. The Balaban J connectivity index is 1.48. The molecule has 1 aromatic carbocycles. The molecule has 0 spiro atoms. The van der Waals surface area contributed by atoms with Crippen molar-refractivity contribution in [2.45, 2.75) is 10.9 Å². The van der Waals surface area contributed by atoms with E-state index in [1.54, 1.807) is 18.4 Å². The lowest BCUT2D eigenvalue weighted by molar-refractivity contribution is 0.415. The van der Waals surface area contributed by atoms with Crippen LogP contribution in [0.25, 0.3) is 22.5 Å². The van der Waals surface area contributed by atoms with Crippen LogP contribution in [-0.4, -0.2) is 27.2 Å². The van der Waals surface area contributed by atoms with E-state index >= 15 is 0 Å². The zero-order valence-corrected chi connectivity index (χ0v) is 13.8. The van der Waals surface area contributed by atoms with Gasteiger partial charge in [-0.3, -0.25) is 0 Å². The summed E-state index contributed by atoms with van der Waals surface area (Å²) in [6.07, 6.45) is 0. The van der Waals surface area contributed by atoms with Crippen LogP contribution in [-0.2, 0) is 5.75 Å². The molecule has 3 aromatic heterocycles. The van der Waals surface area contributed by atoms with Crippen LogP contribution in [0.15, 0.2) is 44.7 Å². The third-order valence-corrected chi connectivity index (χ3v) is 4.79. The number of thiophene rings is 1. The van der Waals surface area contributed by atoms with Crippen LogP contribution in [0.4, 0.5) is 0 Å². The van der Waals surface area contributed by atoms with Crippen LogP contribution in [0.1, 0.15) is 5.82 Å². The van der Waals surface area contributed by atoms with E-state index in [9.17, 15) is 0 Å². The molecule has 0 fully saturated rings. The van der Waals surface area contributed by atoms with Crippen molar-refractivity contribution in [3.8, 4) is 17.2 Å². The van der Waals surface area contributed by atoms with Crippen molar-refractivity contribution in [3.05, 3.63) is 40.8 Å². The largest absolute Gasteiger partial charge is 0.497 e. The van der Waals surface area contributed by atoms with E-state index in [4.69, 9.17) is 9.26 Å². The molecule has 1 N–H and O–H groups in total. The van der Waals surface area contributed by atoms with Gasteiger partial charge in [0.1, 0.15) is 5.75 Å². The molecule has 6 nitrogen and oxygen atoms in total. The van der Waals surface area contributed by atoms with Gasteiger partial charge in [0.25, 0.3) is 5.89 Å². The van der Waals surface area contributed by atoms with Crippen LogP contribution in [0, 0.1) is 0 Å². The van der Waals surface area contributed by atoms with Crippen molar-refractivity contribution in [1.82, 2.24) is 20.1 Å². The van der Waals surface area contributed by atoms with E-state index in [-0.39, 0.29) is 0 Å². The lowest BCUT2D eigenvalue weighted by atomic mass is 10.3. The van der Waals surface area contributed by atoms with Crippen LogP contribution < -0.4 is 4.74 Å². The summed E-state index contributed by atoms with van der Waals surface area (Å²) in [5.74, 6) is 2.59.